The van der Waals surface area contributed by atoms with Gasteiger partial charge in [0.25, 0.3) is 0 Å². The molecule has 108 valence electrons. The second-order valence-electron chi connectivity index (χ2n) is 5.05. The Labute approximate surface area is 130 Å². The number of benzene rings is 2. The van der Waals surface area contributed by atoms with Gasteiger partial charge in [0.2, 0.25) is 5.91 Å². The zero-order valence-electron chi connectivity index (χ0n) is 12.1. The van der Waals surface area contributed by atoms with Gasteiger partial charge in [0, 0.05) is 5.56 Å². The van der Waals surface area contributed by atoms with E-state index in [1.807, 2.05) is 37.3 Å². The van der Waals surface area contributed by atoms with E-state index in [9.17, 15) is 4.79 Å². The average Bonchev–Trinajstić information content (AvgIpc) is 2.43. The Bertz CT molecular complexity index is 695. The Morgan fingerprint density at radius 3 is 2.52 bits per heavy atom. The third-order valence-corrected chi connectivity index (χ3v) is 3.62. The second-order valence-corrected chi connectivity index (χ2v) is 5.49. The molecule has 2 aromatic rings. The molecule has 0 aromatic heterocycles. The minimum absolute atomic E-state index is 0.0815. The first kappa shape index (κ1) is 15.2. The van der Waals surface area contributed by atoms with Crippen LogP contribution in [0, 0.1) is 13.8 Å². The van der Waals surface area contributed by atoms with Gasteiger partial charge in [-0.05, 0) is 42.7 Å². The summed E-state index contributed by atoms with van der Waals surface area (Å²) in [4.78, 5) is 12.4. The van der Waals surface area contributed by atoms with E-state index in [2.05, 4.69) is 12.2 Å². The molecular formula is C17H18N2OS. The number of hydrogen-bond acceptors (Lipinski definition) is 2. The number of hydrogen-bond donors (Lipinski definition) is 2. The van der Waals surface area contributed by atoms with Crippen LogP contribution < -0.4 is 11.1 Å². The van der Waals surface area contributed by atoms with Gasteiger partial charge in [-0.3, -0.25) is 4.79 Å². The lowest BCUT2D eigenvalue weighted by molar-refractivity contribution is -0.115. The van der Waals surface area contributed by atoms with E-state index >= 15 is 0 Å². The Morgan fingerprint density at radius 2 is 1.86 bits per heavy atom. The normalized spacial score (nSPS) is 10.2. The van der Waals surface area contributed by atoms with Crippen LogP contribution in [0.1, 0.15) is 22.3 Å². The number of nitrogens with one attached hydrogen (secondary N) is 1. The van der Waals surface area contributed by atoms with Crippen LogP contribution in [-0.2, 0) is 11.2 Å². The predicted molar refractivity (Wildman–Crippen MR) is 90.6 cm³/mol. The maximum atomic E-state index is 12.2. The number of amides is 1. The number of anilines is 1. The van der Waals surface area contributed by atoms with E-state index < -0.39 is 0 Å². The molecule has 0 aliphatic heterocycles. The average molecular weight is 298 g/mol. The van der Waals surface area contributed by atoms with Crippen molar-refractivity contribution in [1.82, 2.24) is 0 Å². The van der Waals surface area contributed by atoms with Crippen LogP contribution in [0.4, 0.5) is 5.69 Å². The highest BCUT2D eigenvalue weighted by atomic mass is 32.1. The molecule has 0 heterocycles. The first-order valence-corrected chi connectivity index (χ1v) is 7.13. The van der Waals surface area contributed by atoms with Gasteiger partial charge in [0.15, 0.2) is 0 Å². The molecule has 21 heavy (non-hydrogen) atoms. The third kappa shape index (κ3) is 3.89. The molecule has 2 aromatic carbocycles. The van der Waals surface area contributed by atoms with Crippen molar-refractivity contribution in [2.45, 2.75) is 20.3 Å². The molecule has 4 heteroatoms. The van der Waals surface area contributed by atoms with E-state index in [0.29, 0.717) is 17.7 Å². The maximum Gasteiger partial charge on any atom is 0.228 e. The van der Waals surface area contributed by atoms with E-state index in [1.165, 1.54) is 11.1 Å². The summed E-state index contributed by atoms with van der Waals surface area (Å²) in [6, 6.07) is 13.3. The summed E-state index contributed by atoms with van der Waals surface area (Å²) in [5, 5.41) is 2.87. The SMILES string of the molecule is Cc1ccc(CC(=O)Nc2ccccc2C(N)=S)cc1C. The number of nitrogens with two attached hydrogens (primary N) is 1. The fourth-order valence-electron chi connectivity index (χ4n) is 2.10. The van der Waals surface area contributed by atoms with Crippen molar-refractivity contribution in [3.05, 3.63) is 64.7 Å². The zero-order valence-corrected chi connectivity index (χ0v) is 13.0. The molecule has 1 amide bonds. The van der Waals surface area contributed by atoms with Gasteiger partial charge in [-0.2, -0.15) is 0 Å². The Kier molecular flexibility index (Phi) is 4.70. The van der Waals surface area contributed by atoms with E-state index in [4.69, 9.17) is 18.0 Å². The van der Waals surface area contributed by atoms with Crippen molar-refractivity contribution in [2.24, 2.45) is 5.73 Å². The van der Waals surface area contributed by atoms with E-state index in [1.54, 1.807) is 12.1 Å². The van der Waals surface area contributed by atoms with E-state index in [0.717, 1.165) is 5.56 Å². The van der Waals surface area contributed by atoms with Gasteiger partial charge in [-0.15, -0.1) is 0 Å². The van der Waals surface area contributed by atoms with Gasteiger partial charge in [-0.1, -0.05) is 42.5 Å². The lowest BCUT2D eigenvalue weighted by Gasteiger charge is -2.10. The topological polar surface area (TPSA) is 55.1 Å². The molecule has 3 N–H and O–H groups in total. The molecule has 3 nitrogen and oxygen atoms in total. The second kappa shape index (κ2) is 6.50. The van der Waals surface area contributed by atoms with Gasteiger partial charge in [0.1, 0.15) is 4.99 Å². The quantitative estimate of drug-likeness (QED) is 0.853. The number of aryl methyl sites for hydroxylation is 2. The molecule has 0 saturated heterocycles. The number of thiocarbonyl (C=S) groups is 1. The third-order valence-electron chi connectivity index (χ3n) is 3.40. The largest absolute Gasteiger partial charge is 0.389 e. The summed E-state index contributed by atoms with van der Waals surface area (Å²) in [7, 11) is 0. The van der Waals surface area contributed by atoms with Crippen LogP contribution in [0.3, 0.4) is 0 Å². The molecule has 0 aliphatic rings. The lowest BCUT2D eigenvalue weighted by atomic mass is 10.0. The molecule has 0 unspecified atom stereocenters. The molecule has 0 bridgehead atoms. The van der Waals surface area contributed by atoms with Crippen LogP contribution in [0.15, 0.2) is 42.5 Å². The summed E-state index contributed by atoms with van der Waals surface area (Å²) >= 11 is 4.99. The summed E-state index contributed by atoms with van der Waals surface area (Å²) in [5.74, 6) is -0.0815. The van der Waals surface area contributed by atoms with Crippen LogP contribution in [-0.4, -0.2) is 10.9 Å². The van der Waals surface area contributed by atoms with Crippen molar-refractivity contribution >= 4 is 28.8 Å². The summed E-state index contributed by atoms with van der Waals surface area (Å²) < 4.78 is 0. The standard InChI is InChI=1S/C17H18N2OS/c1-11-7-8-13(9-12(11)2)10-16(20)19-15-6-4-3-5-14(15)17(18)21/h3-9H,10H2,1-2H3,(H2,18,21)(H,19,20). The molecular weight excluding hydrogens is 280 g/mol. The van der Waals surface area contributed by atoms with Crippen molar-refractivity contribution in [3.63, 3.8) is 0 Å². The summed E-state index contributed by atoms with van der Waals surface area (Å²) in [5.41, 5.74) is 10.4. The van der Waals surface area contributed by atoms with Crippen LogP contribution >= 0.6 is 12.2 Å². The number of para-hydroxylation sites is 1. The summed E-state index contributed by atoms with van der Waals surface area (Å²) in [6.07, 6.45) is 0.326. The molecule has 0 atom stereocenters. The fraction of sp³-hybridized carbons (Fsp3) is 0.176. The van der Waals surface area contributed by atoms with Gasteiger partial charge >= 0.3 is 0 Å². The highest BCUT2D eigenvalue weighted by Gasteiger charge is 2.09. The minimum Gasteiger partial charge on any atom is -0.389 e. The zero-order chi connectivity index (χ0) is 15.4. The van der Waals surface area contributed by atoms with Crippen LogP contribution in [0.25, 0.3) is 0 Å². The molecule has 0 spiro atoms. The molecule has 2 rings (SSSR count). The lowest BCUT2D eigenvalue weighted by Crippen LogP contribution is -2.19. The van der Waals surface area contributed by atoms with Gasteiger partial charge in [0.05, 0.1) is 12.1 Å². The predicted octanol–water partition coefficient (Wildman–Crippen LogP) is 3.12. The molecule has 0 saturated carbocycles. The molecule has 0 fully saturated rings. The van der Waals surface area contributed by atoms with Crippen LogP contribution in [0.2, 0.25) is 0 Å². The molecule has 0 radical (unpaired) electrons. The minimum atomic E-state index is -0.0815. The number of carbonyl (C=O) groups is 1. The van der Waals surface area contributed by atoms with Gasteiger partial charge in [-0.25, -0.2) is 0 Å². The first-order valence-electron chi connectivity index (χ1n) is 6.72. The monoisotopic (exact) mass is 298 g/mol. The van der Waals surface area contributed by atoms with E-state index in [-0.39, 0.29) is 10.9 Å². The number of rotatable bonds is 4. The Hall–Kier alpha value is -2.20. The Balaban J connectivity index is 2.12. The van der Waals surface area contributed by atoms with Crippen molar-refractivity contribution in [3.8, 4) is 0 Å². The van der Waals surface area contributed by atoms with Crippen molar-refractivity contribution < 1.29 is 4.79 Å². The first-order chi connectivity index (χ1) is 9.97. The van der Waals surface area contributed by atoms with Crippen molar-refractivity contribution in [1.29, 1.82) is 0 Å². The summed E-state index contributed by atoms with van der Waals surface area (Å²) in [6.45, 7) is 4.09. The van der Waals surface area contributed by atoms with Crippen molar-refractivity contribution in [2.75, 3.05) is 5.32 Å². The highest BCUT2D eigenvalue weighted by Crippen LogP contribution is 2.16. The maximum absolute atomic E-state index is 12.2. The molecule has 0 aliphatic carbocycles. The fourth-order valence-corrected chi connectivity index (χ4v) is 2.28. The Morgan fingerprint density at radius 1 is 1.14 bits per heavy atom. The van der Waals surface area contributed by atoms with Gasteiger partial charge < -0.3 is 11.1 Å². The smallest absolute Gasteiger partial charge is 0.228 e. The number of carbonyl (C=O) groups excluding carboxylic acids is 1. The highest BCUT2D eigenvalue weighted by molar-refractivity contribution is 7.80. The van der Waals surface area contributed by atoms with Crippen LogP contribution in [0.5, 0.6) is 0 Å².